The summed E-state index contributed by atoms with van der Waals surface area (Å²) in [5, 5.41) is 2.79. The highest BCUT2D eigenvalue weighted by molar-refractivity contribution is 5.78. The summed E-state index contributed by atoms with van der Waals surface area (Å²) in [4.78, 5) is 13.0. The van der Waals surface area contributed by atoms with E-state index in [4.69, 9.17) is 0 Å². The van der Waals surface area contributed by atoms with Gasteiger partial charge in [-0.25, -0.2) is 0 Å². The molecule has 0 unspecified atom stereocenters. The lowest BCUT2D eigenvalue weighted by Crippen LogP contribution is -2.47. The highest BCUT2D eigenvalue weighted by Gasteiger charge is 2.13. The zero-order valence-corrected chi connectivity index (χ0v) is 10.4. The van der Waals surface area contributed by atoms with Crippen LogP contribution in [-0.2, 0) is 4.79 Å². The summed E-state index contributed by atoms with van der Waals surface area (Å²) in [6.07, 6.45) is 1.13. The highest BCUT2D eigenvalue weighted by atomic mass is 16.2. The molecule has 3 heteroatoms. The van der Waals surface area contributed by atoms with Crippen molar-refractivity contribution in [1.82, 2.24) is 10.2 Å². The molecular formula is C11H26N2O. The van der Waals surface area contributed by atoms with Crippen LogP contribution in [0.2, 0.25) is 0 Å². The molecule has 1 N–H and O–H groups in total. The summed E-state index contributed by atoms with van der Waals surface area (Å²) in [5.74, 6) is 0.166. The van der Waals surface area contributed by atoms with Gasteiger partial charge in [-0.3, -0.25) is 9.69 Å². The molecule has 1 fully saturated rings. The van der Waals surface area contributed by atoms with Crippen molar-refractivity contribution in [2.45, 2.75) is 41.0 Å². The van der Waals surface area contributed by atoms with Crippen molar-refractivity contribution in [3.05, 3.63) is 0 Å². The molecule has 14 heavy (non-hydrogen) atoms. The van der Waals surface area contributed by atoms with Crippen LogP contribution in [0.1, 0.15) is 41.0 Å². The third kappa shape index (κ3) is 8.05. The van der Waals surface area contributed by atoms with Gasteiger partial charge in [-0.2, -0.15) is 0 Å². The number of rotatable bonds is 2. The summed E-state index contributed by atoms with van der Waals surface area (Å²) < 4.78 is 0. The number of carbonyl (C=O) groups is 1. The van der Waals surface area contributed by atoms with Crippen LogP contribution in [-0.4, -0.2) is 37.0 Å². The van der Waals surface area contributed by atoms with Crippen LogP contribution in [0, 0.1) is 0 Å². The number of nitrogens with one attached hydrogen (secondary N) is 1. The monoisotopic (exact) mass is 202 g/mol. The molecule has 0 aromatic heterocycles. The van der Waals surface area contributed by atoms with Crippen LogP contribution in [0.5, 0.6) is 0 Å². The van der Waals surface area contributed by atoms with Crippen molar-refractivity contribution in [1.29, 1.82) is 0 Å². The summed E-state index contributed by atoms with van der Waals surface area (Å²) >= 11 is 0. The van der Waals surface area contributed by atoms with E-state index in [1.807, 2.05) is 27.7 Å². The Morgan fingerprint density at radius 2 is 1.86 bits per heavy atom. The third-order valence-electron chi connectivity index (χ3n) is 1.66. The molecule has 1 heterocycles. The molecule has 3 nitrogen and oxygen atoms in total. The van der Waals surface area contributed by atoms with Gasteiger partial charge in [0.15, 0.2) is 0 Å². The number of hydrogen-bond acceptors (Lipinski definition) is 2. The van der Waals surface area contributed by atoms with Gasteiger partial charge in [-0.1, -0.05) is 34.6 Å². The van der Waals surface area contributed by atoms with Gasteiger partial charge in [-0.15, -0.1) is 0 Å². The van der Waals surface area contributed by atoms with Gasteiger partial charge < -0.3 is 5.32 Å². The average Bonchev–Trinajstić information content (AvgIpc) is 2.24. The van der Waals surface area contributed by atoms with Crippen molar-refractivity contribution in [3.8, 4) is 0 Å². The number of piperazine rings is 1. The first-order valence-electron chi connectivity index (χ1n) is 5.82. The molecule has 0 aromatic carbocycles. The molecule has 0 spiro atoms. The Morgan fingerprint density at radius 3 is 2.29 bits per heavy atom. The maximum Gasteiger partial charge on any atom is 0.234 e. The van der Waals surface area contributed by atoms with E-state index < -0.39 is 0 Å². The molecule has 0 saturated carbocycles. The van der Waals surface area contributed by atoms with Gasteiger partial charge in [0.1, 0.15) is 0 Å². The minimum absolute atomic E-state index is 0.166. The normalized spacial score (nSPS) is 15.6. The Morgan fingerprint density at radius 1 is 1.29 bits per heavy atom. The Kier molecular flexibility index (Phi) is 14.1. The van der Waals surface area contributed by atoms with Crippen molar-refractivity contribution in [3.63, 3.8) is 0 Å². The Balaban J connectivity index is 0. The predicted octanol–water partition coefficient (Wildman–Crippen LogP) is 1.88. The lowest BCUT2D eigenvalue weighted by molar-refractivity contribution is -0.124. The minimum atomic E-state index is 0.166. The SMILES string of the molecule is CC.CC.CCCN1CCNC(=O)C1. The van der Waals surface area contributed by atoms with Crippen molar-refractivity contribution >= 4 is 5.91 Å². The first-order valence-corrected chi connectivity index (χ1v) is 5.82. The van der Waals surface area contributed by atoms with Crippen LogP contribution in [0.25, 0.3) is 0 Å². The second-order valence-corrected chi connectivity index (χ2v) is 2.63. The van der Waals surface area contributed by atoms with E-state index in [1.165, 1.54) is 0 Å². The van der Waals surface area contributed by atoms with Crippen LogP contribution in [0.4, 0.5) is 0 Å². The number of nitrogens with zero attached hydrogens (tertiary/aromatic N) is 1. The average molecular weight is 202 g/mol. The lowest BCUT2D eigenvalue weighted by Gasteiger charge is -2.25. The van der Waals surface area contributed by atoms with Gasteiger partial charge in [-0.05, 0) is 13.0 Å². The summed E-state index contributed by atoms with van der Waals surface area (Å²) in [5.41, 5.74) is 0. The van der Waals surface area contributed by atoms with E-state index in [-0.39, 0.29) is 5.91 Å². The number of amides is 1. The summed E-state index contributed by atoms with van der Waals surface area (Å²) in [7, 11) is 0. The molecule has 1 aliphatic rings. The summed E-state index contributed by atoms with van der Waals surface area (Å²) in [6, 6.07) is 0. The second kappa shape index (κ2) is 12.4. The third-order valence-corrected chi connectivity index (χ3v) is 1.66. The van der Waals surface area contributed by atoms with E-state index in [0.29, 0.717) is 6.54 Å². The van der Waals surface area contributed by atoms with E-state index in [1.54, 1.807) is 0 Å². The molecule has 1 amide bonds. The van der Waals surface area contributed by atoms with Gasteiger partial charge >= 0.3 is 0 Å². The lowest BCUT2D eigenvalue weighted by atomic mass is 10.3. The maximum absolute atomic E-state index is 10.8. The molecule has 0 bridgehead atoms. The number of carbonyl (C=O) groups excluding carboxylic acids is 1. The molecular weight excluding hydrogens is 176 g/mol. The number of hydrogen-bond donors (Lipinski definition) is 1. The Labute approximate surface area is 88.9 Å². The first kappa shape index (κ1) is 15.9. The van der Waals surface area contributed by atoms with E-state index in [2.05, 4.69) is 17.1 Å². The standard InChI is InChI=1S/C7H14N2O.2C2H6/c1-2-4-9-5-3-8-7(10)6-9;2*1-2/h2-6H2,1H3,(H,8,10);2*1-2H3. The minimum Gasteiger partial charge on any atom is -0.354 e. The van der Waals surface area contributed by atoms with Crippen molar-refractivity contribution in [2.24, 2.45) is 0 Å². The molecule has 86 valence electrons. The van der Waals surface area contributed by atoms with Crippen LogP contribution < -0.4 is 5.32 Å². The molecule has 1 rings (SSSR count). The van der Waals surface area contributed by atoms with E-state index in [0.717, 1.165) is 26.1 Å². The molecule has 0 aliphatic carbocycles. The second-order valence-electron chi connectivity index (χ2n) is 2.63. The molecule has 0 radical (unpaired) electrons. The molecule has 0 aromatic rings. The first-order chi connectivity index (χ1) is 6.83. The smallest absolute Gasteiger partial charge is 0.234 e. The van der Waals surface area contributed by atoms with Gasteiger partial charge in [0.2, 0.25) is 5.91 Å². The van der Waals surface area contributed by atoms with Crippen molar-refractivity contribution < 1.29 is 4.79 Å². The Bertz CT molecular complexity index is 124. The maximum atomic E-state index is 10.8. The highest BCUT2D eigenvalue weighted by Crippen LogP contribution is 1.93. The molecule has 1 saturated heterocycles. The fourth-order valence-corrected chi connectivity index (χ4v) is 1.20. The zero-order chi connectivity index (χ0) is 11.4. The van der Waals surface area contributed by atoms with Gasteiger partial charge in [0.25, 0.3) is 0 Å². The predicted molar refractivity (Wildman–Crippen MR) is 62.4 cm³/mol. The van der Waals surface area contributed by atoms with E-state index >= 15 is 0 Å². The quantitative estimate of drug-likeness (QED) is 0.741. The largest absolute Gasteiger partial charge is 0.354 e. The van der Waals surface area contributed by atoms with E-state index in [9.17, 15) is 4.79 Å². The van der Waals surface area contributed by atoms with Gasteiger partial charge in [0.05, 0.1) is 6.54 Å². The topological polar surface area (TPSA) is 32.3 Å². The molecule has 1 aliphatic heterocycles. The van der Waals surface area contributed by atoms with Crippen LogP contribution in [0.3, 0.4) is 0 Å². The van der Waals surface area contributed by atoms with Crippen molar-refractivity contribution in [2.75, 3.05) is 26.2 Å². The zero-order valence-electron chi connectivity index (χ0n) is 10.4. The Hall–Kier alpha value is -0.570. The van der Waals surface area contributed by atoms with Crippen LogP contribution >= 0.6 is 0 Å². The van der Waals surface area contributed by atoms with Crippen LogP contribution in [0.15, 0.2) is 0 Å². The summed E-state index contributed by atoms with van der Waals surface area (Å²) in [6.45, 7) is 13.6. The van der Waals surface area contributed by atoms with Gasteiger partial charge in [0, 0.05) is 13.1 Å². The molecule has 0 atom stereocenters. The fraction of sp³-hybridized carbons (Fsp3) is 0.909. The fourth-order valence-electron chi connectivity index (χ4n) is 1.20.